The number of carbonyl (C=O) groups is 3. The second kappa shape index (κ2) is 9.81. The average molecular weight is 486 g/mol. The smallest absolute Gasteiger partial charge is 0.322 e. The van der Waals surface area contributed by atoms with Crippen LogP contribution in [0.1, 0.15) is 39.9 Å². The Bertz CT molecular complexity index is 1360. The van der Waals surface area contributed by atoms with Crippen LogP contribution in [0, 0.1) is 12.7 Å². The monoisotopic (exact) mass is 485 g/mol. The number of aryl methyl sites for hydroxylation is 2. The van der Waals surface area contributed by atoms with Crippen LogP contribution in [0.15, 0.2) is 60.7 Å². The van der Waals surface area contributed by atoms with Gasteiger partial charge in [0.1, 0.15) is 18.0 Å². The largest absolute Gasteiger partial charge is 0.334 e. The van der Waals surface area contributed by atoms with Gasteiger partial charge in [-0.3, -0.25) is 14.5 Å². The standard InChI is InChI=1S/C28H26FN4O3/c1-18-15-20(27(35)32-14-5-4-8-19-7-2-3-11-24(19)32)12-13-21(18)16-30-28(36)33-17-25(34)31-23-10-6-9-22(29)26(23)33/h2-3,6-7,9-13,15H,4-5,8,14,16-17H2,1H3,(H,30,36). The Labute approximate surface area is 208 Å². The Morgan fingerprint density at radius 3 is 2.69 bits per heavy atom. The molecule has 36 heavy (non-hydrogen) atoms. The van der Waals surface area contributed by atoms with E-state index in [1.807, 2.05) is 42.2 Å². The molecule has 2 aliphatic rings. The number of nitrogens with zero attached hydrogens (tertiary/aromatic N) is 3. The summed E-state index contributed by atoms with van der Waals surface area (Å²) in [5.41, 5.74) is 4.52. The number of rotatable bonds is 3. The van der Waals surface area contributed by atoms with Crippen molar-refractivity contribution < 1.29 is 18.8 Å². The number of hydrogen-bond acceptors (Lipinski definition) is 3. The van der Waals surface area contributed by atoms with E-state index < -0.39 is 17.8 Å². The quantitative estimate of drug-likeness (QED) is 0.588. The number of nitrogens with one attached hydrogen (secondary N) is 1. The van der Waals surface area contributed by atoms with Crippen molar-refractivity contribution in [1.29, 1.82) is 0 Å². The van der Waals surface area contributed by atoms with Crippen molar-refractivity contribution in [3.63, 3.8) is 0 Å². The molecule has 0 aliphatic carbocycles. The van der Waals surface area contributed by atoms with Crippen molar-refractivity contribution in [3.8, 4) is 0 Å². The van der Waals surface area contributed by atoms with Crippen LogP contribution in [0.5, 0.6) is 0 Å². The number of anilines is 2. The number of halogens is 1. The summed E-state index contributed by atoms with van der Waals surface area (Å²) < 4.78 is 14.4. The summed E-state index contributed by atoms with van der Waals surface area (Å²) >= 11 is 0. The maximum absolute atomic E-state index is 14.4. The van der Waals surface area contributed by atoms with Crippen LogP contribution in [-0.4, -0.2) is 30.9 Å². The fraction of sp³-hybridized carbons (Fsp3) is 0.250. The van der Waals surface area contributed by atoms with E-state index in [0.29, 0.717) is 12.1 Å². The lowest BCUT2D eigenvalue weighted by Gasteiger charge is -2.28. The molecule has 2 aliphatic heterocycles. The molecule has 5 rings (SSSR count). The van der Waals surface area contributed by atoms with Gasteiger partial charge in [0, 0.05) is 24.3 Å². The topological polar surface area (TPSA) is 83.8 Å². The van der Waals surface area contributed by atoms with Gasteiger partial charge in [0.2, 0.25) is 0 Å². The van der Waals surface area contributed by atoms with E-state index in [1.54, 1.807) is 6.07 Å². The van der Waals surface area contributed by atoms with Crippen LogP contribution in [0.2, 0.25) is 0 Å². The number of para-hydroxylation sites is 2. The first-order chi connectivity index (χ1) is 17.4. The maximum atomic E-state index is 14.4. The van der Waals surface area contributed by atoms with Crippen molar-refractivity contribution in [3.05, 3.63) is 88.7 Å². The normalized spacial score (nSPS) is 14.9. The second-order valence-electron chi connectivity index (χ2n) is 9.04. The highest BCUT2D eigenvalue weighted by Gasteiger charge is 2.31. The molecule has 0 spiro atoms. The first-order valence-corrected chi connectivity index (χ1v) is 12.0. The number of urea groups is 1. The van der Waals surface area contributed by atoms with E-state index in [0.717, 1.165) is 41.0 Å². The third-order valence-electron chi connectivity index (χ3n) is 6.64. The first kappa shape index (κ1) is 23.5. The molecular formula is C28H26FN4O3. The number of fused-ring (bicyclic) bond motifs is 2. The lowest BCUT2D eigenvalue weighted by molar-refractivity contribution is -0.119. The minimum atomic E-state index is -0.618. The van der Waals surface area contributed by atoms with Gasteiger partial charge in [0.25, 0.3) is 11.8 Å². The number of benzene rings is 3. The fourth-order valence-corrected chi connectivity index (χ4v) is 4.77. The fourth-order valence-electron chi connectivity index (χ4n) is 4.77. The van der Waals surface area contributed by atoms with E-state index >= 15 is 0 Å². The summed E-state index contributed by atoms with van der Waals surface area (Å²) in [6.45, 7) is 2.39. The highest BCUT2D eigenvalue weighted by molar-refractivity contribution is 6.07. The maximum Gasteiger partial charge on any atom is 0.322 e. The number of amides is 4. The van der Waals surface area contributed by atoms with E-state index in [-0.39, 0.29) is 30.4 Å². The van der Waals surface area contributed by atoms with Gasteiger partial charge in [-0.1, -0.05) is 30.3 Å². The van der Waals surface area contributed by atoms with Crippen molar-refractivity contribution in [1.82, 2.24) is 10.6 Å². The molecule has 8 heteroatoms. The predicted molar refractivity (Wildman–Crippen MR) is 135 cm³/mol. The Morgan fingerprint density at radius 1 is 1.03 bits per heavy atom. The molecule has 0 atom stereocenters. The molecule has 3 aromatic rings. The van der Waals surface area contributed by atoms with Gasteiger partial charge in [-0.25, -0.2) is 14.5 Å². The van der Waals surface area contributed by atoms with Crippen LogP contribution in [-0.2, 0) is 17.8 Å². The van der Waals surface area contributed by atoms with Crippen LogP contribution < -0.4 is 20.4 Å². The third-order valence-corrected chi connectivity index (χ3v) is 6.64. The van der Waals surface area contributed by atoms with Crippen LogP contribution in [0.3, 0.4) is 0 Å². The molecule has 0 saturated carbocycles. The zero-order valence-corrected chi connectivity index (χ0v) is 20.0. The summed E-state index contributed by atoms with van der Waals surface area (Å²) in [6.07, 6.45) is 2.95. The van der Waals surface area contributed by atoms with Crippen LogP contribution in [0.25, 0.3) is 0 Å². The van der Waals surface area contributed by atoms with Crippen molar-refractivity contribution in [2.24, 2.45) is 0 Å². The number of carbonyl (C=O) groups excluding carboxylic acids is 3. The summed E-state index contributed by atoms with van der Waals surface area (Å²) in [6, 6.07) is 17.0. The first-order valence-electron chi connectivity index (χ1n) is 12.0. The van der Waals surface area contributed by atoms with E-state index in [4.69, 9.17) is 0 Å². The average Bonchev–Trinajstić information content (AvgIpc) is 3.09. The van der Waals surface area contributed by atoms with E-state index in [9.17, 15) is 18.8 Å². The summed E-state index contributed by atoms with van der Waals surface area (Å²) in [5.74, 6) is -1.18. The molecule has 4 amide bonds. The van der Waals surface area contributed by atoms with Crippen LogP contribution >= 0.6 is 0 Å². The molecule has 1 radical (unpaired) electrons. The zero-order valence-electron chi connectivity index (χ0n) is 20.0. The van der Waals surface area contributed by atoms with Crippen LogP contribution in [0.4, 0.5) is 26.2 Å². The van der Waals surface area contributed by atoms with Gasteiger partial charge in [-0.15, -0.1) is 0 Å². The summed E-state index contributed by atoms with van der Waals surface area (Å²) in [5, 5.41) is 6.58. The Hall–Kier alpha value is -4.20. The zero-order chi connectivity index (χ0) is 25.2. The number of hydrogen-bond donors (Lipinski definition) is 1. The Morgan fingerprint density at radius 2 is 1.86 bits per heavy atom. The molecule has 0 bridgehead atoms. The minimum Gasteiger partial charge on any atom is -0.334 e. The molecule has 3 aromatic carbocycles. The second-order valence-corrected chi connectivity index (χ2v) is 9.04. The molecule has 0 aromatic heterocycles. The molecule has 1 N–H and O–H groups in total. The lowest BCUT2D eigenvalue weighted by atomic mass is 10.0. The van der Waals surface area contributed by atoms with Crippen molar-refractivity contribution in [2.75, 3.05) is 22.9 Å². The SMILES string of the molecule is Cc1cc(C(=O)N2CCCCc3ccccc32)ccc1CNC(=O)N1CC(=O)[N]c2cccc(F)c21. The predicted octanol–water partition coefficient (Wildman–Crippen LogP) is 4.61. The minimum absolute atomic E-state index is 0.00926. The molecular weight excluding hydrogens is 459 g/mol. The molecule has 0 saturated heterocycles. The van der Waals surface area contributed by atoms with Gasteiger partial charge in [0.05, 0.1) is 5.69 Å². The van der Waals surface area contributed by atoms with Gasteiger partial charge < -0.3 is 10.2 Å². The Kier molecular flexibility index (Phi) is 6.41. The molecule has 7 nitrogen and oxygen atoms in total. The highest BCUT2D eigenvalue weighted by atomic mass is 19.1. The van der Waals surface area contributed by atoms with E-state index in [1.165, 1.54) is 23.8 Å². The molecule has 0 fully saturated rings. The van der Waals surface area contributed by atoms with Gasteiger partial charge in [-0.2, -0.15) is 0 Å². The lowest BCUT2D eigenvalue weighted by Crippen LogP contribution is -2.47. The Balaban J connectivity index is 1.30. The molecule has 183 valence electrons. The van der Waals surface area contributed by atoms with Crippen molar-refractivity contribution in [2.45, 2.75) is 32.7 Å². The third kappa shape index (κ3) is 4.54. The van der Waals surface area contributed by atoms with Gasteiger partial charge in [-0.05, 0) is 73.2 Å². The molecule has 2 heterocycles. The molecule has 0 unspecified atom stereocenters. The van der Waals surface area contributed by atoms with Gasteiger partial charge >= 0.3 is 6.03 Å². The summed E-state index contributed by atoms with van der Waals surface area (Å²) in [4.78, 5) is 41.2. The summed E-state index contributed by atoms with van der Waals surface area (Å²) in [7, 11) is 0. The highest BCUT2D eigenvalue weighted by Crippen LogP contribution is 2.32. The van der Waals surface area contributed by atoms with Gasteiger partial charge in [0.15, 0.2) is 0 Å². The van der Waals surface area contributed by atoms with E-state index in [2.05, 4.69) is 16.7 Å². The van der Waals surface area contributed by atoms with Crippen molar-refractivity contribution >= 4 is 34.9 Å².